The number of para-hydroxylation sites is 2. The molecule has 0 aliphatic heterocycles. The van der Waals surface area contributed by atoms with Crippen molar-refractivity contribution in [1.29, 1.82) is 5.26 Å². The molecule has 0 aliphatic carbocycles. The van der Waals surface area contributed by atoms with Gasteiger partial charge in [-0.25, -0.2) is 4.98 Å². The highest BCUT2D eigenvalue weighted by Gasteiger charge is 2.10. The van der Waals surface area contributed by atoms with Crippen LogP contribution in [0.4, 0.5) is 0 Å². The Morgan fingerprint density at radius 3 is 2.64 bits per heavy atom. The third kappa shape index (κ3) is 3.90. The van der Waals surface area contributed by atoms with Gasteiger partial charge in [-0.05, 0) is 42.0 Å². The van der Waals surface area contributed by atoms with Crippen LogP contribution in [0.1, 0.15) is 17.0 Å². The number of allylic oxidation sites excluding steroid dienone is 1. The lowest BCUT2D eigenvalue weighted by Crippen LogP contribution is -1.97. The standard InChI is InChI=1S/C23H16ClN3O/c24-19-10-11-22(28-15-16-6-2-1-3-7-16)17(13-19)12-18(14-25)23-26-20-8-4-5-9-21(20)27-23/h1-13H,15H2,(H,26,27)/b18-12+. The van der Waals surface area contributed by atoms with Gasteiger partial charge in [-0.2, -0.15) is 5.26 Å². The Kier molecular flexibility index (Phi) is 5.09. The van der Waals surface area contributed by atoms with Gasteiger partial charge in [0.25, 0.3) is 0 Å². The number of nitriles is 1. The quantitative estimate of drug-likeness (QED) is 0.437. The molecule has 4 nitrogen and oxygen atoms in total. The van der Waals surface area contributed by atoms with Gasteiger partial charge in [0.05, 0.1) is 16.6 Å². The van der Waals surface area contributed by atoms with E-state index in [9.17, 15) is 5.26 Å². The molecule has 0 saturated carbocycles. The van der Waals surface area contributed by atoms with Gasteiger partial charge in [0.1, 0.15) is 24.3 Å². The summed E-state index contributed by atoms with van der Waals surface area (Å²) in [6.07, 6.45) is 1.74. The van der Waals surface area contributed by atoms with Crippen molar-refractivity contribution >= 4 is 34.3 Å². The zero-order valence-corrected chi connectivity index (χ0v) is 15.6. The lowest BCUT2D eigenvalue weighted by atomic mass is 10.1. The van der Waals surface area contributed by atoms with E-state index in [1.165, 1.54) is 0 Å². The monoisotopic (exact) mass is 385 g/mol. The minimum absolute atomic E-state index is 0.406. The maximum Gasteiger partial charge on any atom is 0.149 e. The predicted octanol–water partition coefficient (Wildman–Crippen LogP) is 5.86. The fourth-order valence-electron chi connectivity index (χ4n) is 2.89. The Morgan fingerprint density at radius 1 is 1.07 bits per heavy atom. The normalized spacial score (nSPS) is 11.4. The van der Waals surface area contributed by atoms with Crippen LogP contribution < -0.4 is 4.74 Å². The summed E-state index contributed by atoms with van der Waals surface area (Å²) < 4.78 is 5.98. The van der Waals surface area contributed by atoms with Gasteiger partial charge in [-0.3, -0.25) is 0 Å². The average Bonchev–Trinajstić information content (AvgIpc) is 3.16. The van der Waals surface area contributed by atoms with Crippen molar-refractivity contribution in [2.45, 2.75) is 6.61 Å². The van der Waals surface area contributed by atoms with E-state index < -0.39 is 0 Å². The Hall–Kier alpha value is -3.55. The molecule has 1 heterocycles. The third-order valence-electron chi connectivity index (χ3n) is 4.27. The maximum atomic E-state index is 9.68. The number of nitrogens with one attached hydrogen (secondary N) is 1. The first-order chi connectivity index (χ1) is 13.7. The number of ether oxygens (including phenoxy) is 1. The molecular weight excluding hydrogens is 370 g/mol. The van der Waals surface area contributed by atoms with Crippen molar-refractivity contribution in [1.82, 2.24) is 9.97 Å². The largest absolute Gasteiger partial charge is 0.488 e. The van der Waals surface area contributed by atoms with Crippen LogP contribution in [0, 0.1) is 11.3 Å². The first-order valence-electron chi connectivity index (χ1n) is 8.76. The number of hydrogen-bond acceptors (Lipinski definition) is 3. The maximum absolute atomic E-state index is 9.68. The molecule has 0 unspecified atom stereocenters. The van der Waals surface area contributed by atoms with E-state index in [0.717, 1.165) is 22.2 Å². The molecule has 0 amide bonds. The zero-order valence-electron chi connectivity index (χ0n) is 14.9. The molecule has 0 aliphatic rings. The molecule has 1 aromatic heterocycles. The third-order valence-corrected chi connectivity index (χ3v) is 4.51. The van der Waals surface area contributed by atoms with Gasteiger partial charge in [0.2, 0.25) is 0 Å². The number of H-pyrrole nitrogens is 1. The molecular formula is C23H16ClN3O. The fraction of sp³-hybridized carbons (Fsp3) is 0.0435. The van der Waals surface area contributed by atoms with Gasteiger partial charge >= 0.3 is 0 Å². The van der Waals surface area contributed by atoms with Crippen LogP contribution in [0.3, 0.4) is 0 Å². The predicted molar refractivity (Wildman–Crippen MR) is 112 cm³/mol. The molecule has 0 saturated heterocycles. The van der Waals surface area contributed by atoms with Gasteiger partial charge in [0, 0.05) is 10.6 Å². The molecule has 0 fully saturated rings. The number of aromatic nitrogens is 2. The van der Waals surface area contributed by atoms with Crippen LogP contribution in [0.2, 0.25) is 5.02 Å². The molecule has 4 rings (SSSR count). The Labute approximate surface area is 167 Å². The molecule has 4 aromatic rings. The molecule has 1 N–H and O–H groups in total. The van der Waals surface area contributed by atoms with Crippen LogP contribution >= 0.6 is 11.6 Å². The zero-order chi connectivity index (χ0) is 19.3. The van der Waals surface area contributed by atoms with Crippen molar-refractivity contribution < 1.29 is 4.74 Å². The van der Waals surface area contributed by atoms with Gasteiger partial charge in [-0.1, -0.05) is 54.1 Å². The number of aromatic amines is 1. The van der Waals surface area contributed by atoms with Crippen LogP contribution in [0.15, 0.2) is 72.8 Å². The topological polar surface area (TPSA) is 61.7 Å². The summed E-state index contributed by atoms with van der Waals surface area (Å²) in [6, 6.07) is 25.1. The number of rotatable bonds is 5. The van der Waals surface area contributed by atoms with Crippen molar-refractivity contribution in [2.24, 2.45) is 0 Å². The van der Waals surface area contributed by atoms with E-state index in [4.69, 9.17) is 16.3 Å². The van der Waals surface area contributed by atoms with E-state index in [1.807, 2.05) is 60.7 Å². The first-order valence-corrected chi connectivity index (χ1v) is 9.14. The number of nitrogens with zero attached hydrogens (tertiary/aromatic N) is 2. The summed E-state index contributed by atoms with van der Waals surface area (Å²) in [7, 11) is 0. The number of benzene rings is 3. The second-order valence-corrected chi connectivity index (χ2v) is 6.67. The van der Waals surface area contributed by atoms with E-state index >= 15 is 0 Å². The summed E-state index contributed by atoms with van der Waals surface area (Å²) in [4.78, 5) is 7.69. The van der Waals surface area contributed by atoms with E-state index in [-0.39, 0.29) is 0 Å². The minimum Gasteiger partial charge on any atom is -0.488 e. The van der Waals surface area contributed by atoms with Gasteiger partial charge in [-0.15, -0.1) is 0 Å². The highest BCUT2D eigenvalue weighted by molar-refractivity contribution is 6.30. The number of fused-ring (bicyclic) bond motifs is 1. The van der Waals surface area contributed by atoms with E-state index in [2.05, 4.69) is 16.0 Å². The summed E-state index contributed by atoms with van der Waals surface area (Å²) in [5.74, 6) is 1.16. The number of halogens is 1. The molecule has 0 bridgehead atoms. The van der Waals surface area contributed by atoms with Crippen molar-refractivity contribution in [3.63, 3.8) is 0 Å². The molecule has 0 radical (unpaired) electrons. The molecule has 28 heavy (non-hydrogen) atoms. The Balaban J connectivity index is 1.68. The van der Waals surface area contributed by atoms with Crippen LogP contribution in [0.25, 0.3) is 22.7 Å². The molecule has 136 valence electrons. The average molecular weight is 386 g/mol. The van der Waals surface area contributed by atoms with Crippen LogP contribution in [-0.4, -0.2) is 9.97 Å². The SMILES string of the molecule is N#C/C(=C\c1cc(Cl)ccc1OCc1ccccc1)c1nc2ccccc2[nH]1. The number of hydrogen-bond donors (Lipinski definition) is 1. The lowest BCUT2D eigenvalue weighted by Gasteiger charge is -2.10. The second-order valence-electron chi connectivity index (χ2n) is 6.23. The van der Waals surface area contributed by atoms with E-state index in [1.54, 1.807) is 18.2 Å². The summed E-state index contributed by atoms with van der Waals surface area (Å²) in [5.41, 5.74) is 3.88. The highest BCUT2D eigenvalue weighted by Crippen LogP contribution is 2.28. The Bertz CT molecular complexity index is 1160. The number of imidazole rings is 1. The molecule has 0 atom stereocenters. The molecule has 3 aromatic carbocycles. The van der Waals surface area contributed by atoms with Crippen molar-refractivity contribution in [3.05, 3.63) is 94.8 Å². The minimum atomic E-state index is 0.406. The smallest absolute Gasteiger partial charge is 0.149 e. The highest BCUT2D eigenvalue weighted by atomic mass is 35.5. The first kappa shape index (κ1) is 17.8. The summed E-state index contributed by atoms with van der Waals surface area (Å²) >= 11 is 6.18. The van der Waals surface area contributed by atoms with E-state index in [0.29, 0.717) is 28.8 Å². The lowest BCUT2D eigenvalue weighted by molar-refractivity contribution is 0.305. The summed E-state index contributed by atoms with van der Waals surface area (Å²) in [5, 5.41) is 10.3. The van der Waals surface area contributed by atoms with Crippen molar-refractivity contribution in [3.8, 4) is 11.8 Å². The molecule has 0 spiro atoms. The van der Waals surface area contributed by atoms with Crippen LogP contribution in [-0.2, 0) is 6.61 Å². The van der Waals surface area contributed by atoms with Crippen molar-refractivity contribution in [2.75, 3.05) is 0 Å². The fourth-order valence-corrected chi connectivity index (χ4v) is 3.07. The Morgan fingerprint density at radius 2 is 1.86 bits per heavy atom. The van der Waals surface area contributed by atoms with Gasteiger partial charge < -0.3 is 9.72 Å². The second kappa shape index (κ2) is 7.99. The summed E-state index contributed by atoms with van der Waals surface area (Å²) in [6.45, 7) is 0.426. The van der Waals surface area contributed by atoms with Crippen LogP contribution in [0.5, 0.6) is 5.75 Å². The van der Waals surface area contributed by atoms with Gasteiger partial charge in [0.15, 0.2) is 0 Å². The molecule has 5 heteroatoms.